The highest BCUT2D eigenvalue weighted by Gasteiger charge is 2.46. The van der Waals surface area contributed by atoms with Crippen molar-refractivity contribution in [1.82, 2.24) is 20.6 Å². The molecule has 42 heavy (non-hydrogen) atoms. The molecule has 222 valence electrons. The number of aliphatic hydroxyl groups excluding tert-OH is 1. The van der Waals surface area contributed by atoms with Crippen molar-refractivity contribution in [2.75, 3.05) is 7.11 Å². The van der Waals surface area contributed by atoms with Crippen molar-refractivity contribution >= 4 is 41.3 Å². The Morgan fingerprint density at radius 1 is 0.905 bits per heavy atom. The number of H-pyrrole nitrogens is 2. The molecular formula is C34H42N4O4. The minimum atomic E-state index is -0.876. The molecule has 1 aliphatic carbocycles. The molecule has 8 nitrogen and oxygen atoms in total. The van der Waals surface area contributed by atoms with E-state index in [0.717, 1.165) is 69.1 Å². The van der Waals surface area contributed by atoms with Gasteiger partial charge in [-0.25, -0.2) is 0 Å². The van der Waals surface area contributed by atoms with Gasteiger partial charge in [-0.3, -0.25) is 9.59 Å². The van der Waals surface area contributed by atoms with E-state index in [0.29, 0.717) is 10.8 Å². The number of aromatic amines is 2. The summed E-state index contributed by atoms with van der Waals surface area (Å²) < 4.78 is 5.23. The van der Waals surface area contributed by atoms with Crippen LogP contribution in [0, 0.1) is 43.4 Å². The Morgan fingerprint density at radius 2 is 1.57 bits per heavy atom. The number of aromatic nitrogens is 2. The maximum Gasteiger partial charge on any atom is 0.320 e. The van der Waals surface area contributed by atoms with Gasteiger partial charge in [0, 0.05) is 57.0 Å². The van der Waals surface area contributed by atoms with Crippen LogP contribution < -0.4 is 21.2 Å². The lowest BCUT2D eigenvalue weighted by Gasteiger charge is -2.25. The van der Waals surface area contributed by atoms with Gasteiger partial charge in [-0.1, -0.05) is 34.1 Å². The molecule has 6 atom stereocenters. The first-order chi connectivity index (χ1) is 20.0. The highest BCUT2D eigenvalue weighted by Crippen LogP contribution is 2.42. The number of carbonyl (C=O) groups is 2. The third kappa shape index (κ3) is 3.94. The van der Waals surface area contributed by atoms with E-state index in [1.807, 2.05) is 13.8 Å². The van der Waals surface area contributed by atoms with Crippen LogP contribution in [0.25, 0.3) is 29.6 Å². The van der Waals surface area contributed by atoms with Crippen LogP contribution in [-0.4, -0.2) is 40.0 Å². The minimum absolute atomic E-state index is 0.0264. The van der Waals surface area contributed by atoms with Crippen molar-refractivity contribution in [3.05, 3.63) is 61.4 Å². The van der Waals surface area contributed by atoms with Crippen LogP contribution in [0.3, 0.4) is 0 Å². The molecule has 2 fully saturated rings. The molecule has 3 aliphatic heterocycles. The van der Waals surface area contributed by atoms with E-state index in [2.05, 4.69) is 66.5 Å². The van der Waals surface area contributed by atoms with Crippen LogP contribution in [0.2, 0.25) is 0 Å². The first-order valence-corrected chi connectivity index (χ1v) is 15.2. The van der Waals surface area contributed by atoms with Crippen molar-refractivity contribution < 1.29 is 19.4 Å². The lowest BCUT2D eigenvalue weighted by atomic mass is 9.81. The number of hydrogen-bond donors (Lipinski definition) is 5. The number of hydrogen-bond acceptors (Lipinski definition) is 6. The Balaban J connectivity index is 1.68. The van der Waals surface area contributed by atoms with Gasteiger partial charge in [0.2, 0.25) is 0 Å². The molecule has 6 rings (SSSR count). The number of methoxy groups -OCH3 is 1. The Bertz CT molecular complexity index is 1730. The van der Waals surface area contributed by atoms with E-state index in [-0.39, 0.29) is 41.3 Å². The molecule has 4 aliphatic rings. The van der Waals surface area contributed by atoms with Crippen LogP contribution >= 0.6 is 0 Å². The van der Waals surface area contributed by atoms with Gasteiger partial charge in [0.15, 0.2) is 5.78 Å². The highest BCUT2D eigenvalue weighted by atomic mass is 16.5. The van der Waals surface area contributed by atoms with Crippen molar-refractivity contribution in [2.45, 2.75) is 67.3 Å². The highest BCUT2D eigenvalue weighted by molar-refractivity contribution is 6.00. The average molecular weight is 571 g/mol. The third-order valence-corrected chi connectivity index (χ3v) is 10.3. The second kappa shape index (κ2) is 10.1. The molecule has 0 aromatic carbocycles. The maximum atomic E-state index is 13.2. The molecule has 0 spiro atoms. The van der Waals surface area contributed by atoms with Crippen LogP contribution in [0.1, 0.15) is 86.0 Å². The molecule has 8 heteroatoms. The average Bonchev–Trinajstić information content (AvgIpc) is 3.69. The molecule has 8 bridgehead atoms. The van der Waals surface area contributed by atoms with E-state index in [1.165, 1.54) is 7.11 Å². The molecule has 5 heterocycles. The number of nitrogens with one attached hydrogen (secondary N) is 4. The second-order valence-corrected chi connectivity index (χ2v) is 12.4. The zero-order valence-electron chi connectivity index (χ0n) is 25.8. The minimum Gasteiger partial charge on any atom is -0.510 e. The predicted molar refractivity (Wildman–Crippen MR) is 165 cm³/mol. The van der Waals surface area contributed by atoms with Gasteiger partial charge in [-0.2, -0.15) is 0 Å². The SMILES string of the molecule is CC[C@@H]1[C@@H]2N/C(=C\c3[nH]c(c(C(C)=O)c3C)/C=C3\N/C(=C\c4[nH]c5c(c4C)=C(O)[C@H](C(=O)OC)C=52)[C@H](CC)[C@H]3C)[C@H]1C. The number of Topliss-reactive ketones (excluding diaryl/α,β-unsaturated/α-hetero) is 1. The number of aliphatic hydroxyl groups is 1. The van der Waals surface area contributed by atoms with E-state index in [4.69, 9.17) is 4.74 Å². The molecule has 0 saturated carbocycles. The summed E-state index contributed by atoms with van der Waals surface area (Å²) in [4.78, 5) is 33.3. The van der Waals surface area contributed by atoms with Crippen molar-refractivity contribution in [1.29, 1.82) is 0 Å². The van der Waals surface area contributed by atoms with Gasteiger partial charge in [-0.05, 0) is 68.0 Å². The Labute approximate surface area is 246 Å². The summed E-state index contributed by atoms with van der Waals surface area (Å²) in [7, 11) is 1.37. The fourth-order valence-electron chi connectivity index (χ4n) is 7.98. The zero-order chi connectivity index (χ0) is 30.2. The monoisotopic (exact) mass is 570 g/mol. The summed E-state index contributed by atoms with van der Waals surface area (Å²) >= 11 is 0. The smallest absolute Gasteiger partial charge is 0.320 e. The summed E-state index contributed by atoms with van der Waals surface area (Å²) in [6.07, 6.45) is 8.18. The van der Waals surface area contributed by atoms with Gasteiger partial charge in [-0.15, -0.1) is 0 Å². The molecule has 0 amide bonds. The molecule has 0 unspecified atom stereocenters. The molecule has 5 N–H and O–H groups in total. The largest absolute Gasteiger partial charge is 0.510 e. The van der Waals surface area contributed by atoms with Gasteiger partial charge < -0.3 is 30.4 Å². The first-order valence-electron chi connectivity index (χ1n) is 15.2. The molecule has 0 radical (unpaired) electrons. The van der Waals surface area contributed by atoms with Crippen molar-refractivity contribution in [3.63, 3.8) is 0 Å². The maximum absolute atomic E-state index is 13.2. The summed E-state index contributed by atoms with van der Waals surface area (Å²) in [6, 6.07) is -0.197. The summed E-state index contributed by atoms with van der Waals surface area (Å²) in [5, 5.41) is 20.5. The Kier molecular flexibility index (Phi) is 6.78. The summed E-state index contributed by atoms with van der Waals surface area (Å²) in [6.45, 7) is 14.4. The second-order valence-electron chi connectivity index (χ2n) is 12.4. The van der Waals surface area contributed by atoms with Crippen molar-refractivity contribution in [3.8, 4) is 0 Å². The number of carbonyl (C=O) groups excluding carboxylic acids is 2. The molecule has 2 aromatic rings. The topological polar surface area (TPSA) is 119 Å². The van der Waals surface area contributed by atoms with E-state index in [9.17, 15) is 14.7 Å². The summed E-state index contributed by atoms with van der Waals surface area (Å²) in [5.74, 6) is -0.468. The molecular weight excluding hydrogens is 528 g/mol. The van der Waals surface area contributed by atoms with E-state index in [1.54, 1.807) is 6.92 Å². The van der Waals surface area contributed by atoms with Gasteiger partial charge >= 0.3 is 5.97 Å². The Hall–Kier alpha value is -3.94. The van der Waals surface area contributed by atoms with Gasteiger partial charge in [0.05, 0.1) is 24.2 Å². The van der Waals surface area contributed by atoms with Gasteiger partial charge in [0.25, 0.3) is 0 Å². The number of fused-ring (bicyclic) bond motifs is 8. The lowest BCUT2D eigenvalue weighted by Crippen LogP contribution is -2.37. The number of allylic oxidation sites excluding steroid dienone is 3. The lowest BCUT2D eigenvalue weighted by molar-refractivity contribution is -0.142. The van der Waals surface area contributed by atoms with Crippen LogP contribution in [0.4, 0.5) is 0 Å². The van der Waals surface area contributed by atoms with Crippen LogP contribution in [0.15, 0.2) is 17.1 Å². The third-order valence-electron chi connectivity index (χ3n) is 10.3. The molecule has 2 aromatic heterocycles. The fraction of sp³-hybridized carbons (Fsp3) is 0.471. The first kappa shape index (κ1) is 28.2. The van der Waals surface area contributed by atoms with E-state index < -0.39 is 11.9 Å². The number of ether oxygens (including phenoxy) is 1. The number of rotatable bonds is 4. The fourth-order valence-corrected chi connectivity index (χ4v) is 7.98. The van der Waals surface area contributed by atoms with Crippen LogP contribution in [0.5, 0.6) is 0 Å². The standard InChI is InChI=1S/C34H42N4O4/c1-9-19-14(3)21-13-26-27(18(7)39)16(5)23(36-26)11-22-15(4)20(10-2)31(37-22)29-30(34(41)42-8)33(40)28-17(6)24(38-32(28)29)12-25(19)35-21/h11-15,19-20,30-31,35-38,40H,9-10H2,1-8H3/b21-13-,22-11-,25-12-/t14-,15+,19-,20+,30-,31+/m1/s1. The normalized spacial score (nSPS) is 31.5. The zero-order valence-corrected chi connectivity index (χ0v) is 25.8. The predicted octanol–water partition coefficient (Wildman–Crippen LogP) is 4.42. The van der Waals surface area contributed by atoms with Crippen LogP contribution in [-0.2, 0) is 9.53 Å². The summed E-state index contributed by atoms with van der Waals surface area (Å²) in [5.41, 5.74) is 9.16. The quantitative estimate of drug-likeness (QED) is 0.274. The molecule has 2 saturated heterocycles. The van der Waals surface area contributed by atoms with Gasteiger partial charge in [0.1, 0.15) is 11.7 Å². The van der Waals surface area contributed by atoms with E-state index >= 15 is 0 Å². The Morgan fingerprint density at radius 3 is 2.21 bits per heavy atom. The van der Waals surface area contributed by atoms with Crippen molar-refractivity contribution in [2.24, 2.45) is 29.6 Å². The number of esters is 1. The number of ketones is 1.